The Kier molecular flexibility index (Phi) is 5.10. The predicted octanol–water partition coefficient (Wildman–Crippen LogP) is 4.93. The Labute approximate surface area is 143 Å². The van der Waals surface area contributed by atoms with E-state index in [9.17, 15) is 0 Å². The van der Waals surface area contributed by atoms with Crippen molar-refractivity contribution in [1.82, 2.24) is 0 Å². The molecule has 0 unspecified atom stereocenters. The van der Waals surface area contributed by atoms with Crippen LogP contribution in [0.3, 0.4) is 0 Å². The Morgan fingerprint density at radius 1 is 0.857 bits per heavy atom. The van der Waals surface area contributed by atoms with Crippen LogP contribution in [0.1, 0.15) is 27.7 Å². The van der Waals surface area contributed by atoms with E-state index >= 15 is 0 Å². The highest BCUT2D eigenvalue weighted by atomic mass is 127. The fourth-order valence-corrected chi connectivity index (χ4v) is 9.38. The van der Waals surface area contributed by atoms with Gasteiger partial charge in [0.25, 0.3) is 0 Å². The van der Waals surface area contributed by atoms with Crippen LogP contribution in [-0.4, -0.2) is 8.07 Å². The molecule has 0 aliphatic rings. The lowest BCUT2D eigenvalue weighted by molar-refractivity contribution is 0.738. The first-order chi connectivity index (χ1) is 9.88. The summed E-state index contributed by atoms with van der Waals surface area (Å²) in [5, 5.41) is 3.18. The maximum atomic E-state index is 2.55. The van der Waals surface area contributed by atoms with Crippen molar-refractivity contribution >= 4 is 41.0 Å². The molecule has 110 valence electrons. The zero-order valence-corrected chi connectivity index (χ0v) is 16.4. The third-order valence-corrected chi connectivity index (χ3v) is 10.7. The summed E-state index contributed by atoms with van der Waals surface area (Å²) < 4.78 is 1.38. The summed E-state index contributed by atoms with van der Waals surface area (Å²) in [6.45, 7) is 9.36. The lowest BCUT2D eigenvalue weighted by Gasteiger charge is -2.42. The molecule has 0 fully saturated rings. The van der Waals surface area contributed by atoms with Gasteiger partial charge in [-0.05, 0) is 25.9 Å². The van der Waals surface area contributed by atoms with Crippen LogP contribution in [0.5, 0.6) is 0 Å². The average Bonchev–Trinajstić information content (AvgIpc) is 2.45. The quantitative estimate of drug-likeness (QED) is 0.501. The summed E-state index contributed by atoms with van der Waals surface area (Å²) >= 11 is 2.46. The predicted molar refractivity (Wildman–Crippen MR) is 105 cm³/mol. The number of hydrogen-bond acceptors (Lipinski definition) is 0. The van der Waals surface area contributed by atoms with Crippen molar-refractivity contribution in [2.75, 3.05) is 0 Å². The van der Waals surface area contributed by atoms with Crippen molar-refractivity contribution in [2.45, 2.75) is 32.7 Å². The van der Waals surface area contributed by atoms with Crippen molar-refractivity contribution in [3.05, 3.63) is 69.9 Å². The van der Waals surface area contributed by atoms with E-state index in [1.54, 1.807) is 0 Å². The van der Waals surface area contributed by atoms with Crippen LogP contribution in [0.25, 0.3) is 0 Å². The first kappa shape index (κ1) is 16.5. The molecule has 2 aromatic rings. The molecule has 21 heavy (non-hydrogen) atoms. The van der Waals surface area contributed by atoms with Gasteiger partial charge in [-0.25, -0.2) is 0 Å². The summed E-state index contributed by atoms with van der Waals surface area (Å²) in [7, 11) is -1.98. The van der Waals surface area contributed by atoms with Crippen molar-refractivity contribution in [3.8, 4) is 0 Å². The Balaban J connectivity index is 2.82. The fourth-order valence-electron chi connectivity index (χ4n) is 3.12. The van der Waals surface area contributed by atoms with Crippen molar-refractivity contribution in [2.24, 2.45) is 0 Å². The molecule has 0 radical (unpaired) electrons. The van der Waals surface area contributed by atoms with E-state index in [4.69, 9.17) is 0 Å². The Bertz CT molecular complexity index is 566. The molecular formula is C19H23ISi. The fraction of sp³-hybridized carbons (Fsp3) is 0.263. The van der Waals surface area contributed by atoms with Crippen LogP contribution in [0.2, 0.25) is 5.04 Å². The van der Waals surface area contributed by atoms with Gasteiger partial charge in [0, 0.05) is 0 Å². The lowest BCUT2D eigenvalue weighted by Crippen LogP contribution is -2.63. The molecule has 0 aliphatic carbocycles. The number of benzene rings is 2. The SMILES string of the molecule is C/C(I)=C/[Si](c1ccccc1)(c1ccccc1)C(C)(C)C. The Morgan fingerprint density at radius 2 is 1.24 bits per heavy atom. The highest BCUT2D eigenvalue weighted by molar-refractivity contribution is 14.1. The maximum absolute atomic E-state index is 2.55. The summed E-state index contributed by atoms with van der Waals surface area (Å²) in [6.07, 6.45) is 0. The van der Waals surface area contributed by atoms with E-state index in [1.165, 1.54) is 14.0 Å². The molecule has 0 saturated heterocycles. The van der Waals surface area contributed by atoms with Gasteiger partial charge < -0.3 is 0 Å². The van der Waals surface area contributed by atoms with E-state index in [2.05, 4.69) is 117 Å². The minimum Gasteiger partial charge on any atom is -0.0764 e. The lowest BCUT2D eigenvalue weighted by atomic mass is 10.2. The Morgan fingerprint density at radius 3 is 1.52 bits per heavy atom. The van der Waals surface area contributed by atoms with Gasteiger partial charge in [0.1, 0.15) is 8.07 Å². The van der Waals surface area contributed by atoms with Crippen molar-refractivity contribution < 1.29 is 0 Å². The second kappa shape index (κ2) is 6.49. The molecule has 2 rings (SSSR count). The molecule has 0 saturated carbocycles. The second-order valence-electron chi connectivity index (χ2n) is 6.52. The van der Waals surface area contributed by atoms with Gasteiger partial charge in [0.05, 0.1) is 0 Å². The highest BCUT2D eigenvalue weighted by Gasteiger charge is 2.45. The number of hydrogen-bond donors (Lipinski definition) is 0. The topological polar surface area (TPSA) is 0 Å². The molecule has 0 atom stereocenters. The van der Waals surface area contributed by atoms with Crippen molar-refractivity contribution in [3.63, 3.8) is 0 Å². The molecule has 0 amide bonds. The molecular weight excluding hydrogens is 383 g/mol. The van der Waals surface area contributed by atoms with Crippen LogP contribution < -0.4 is 10.4 Å². The third kappa shape index (κ3) is 3.32. The summed E-state index contributed by atoms with van der Waals surface area (Å²) in [4.78, 5) is 0. The smallest absolute Gasteiger partial charge is 0.0764 e. The molecule has 0 aliphatic heterocycles. The molecule has 0 bridgehead atoms. The van der Waals surface area contributed by atoms with E-state index in [0.717, 1.165) is 0 Å². The van der Waals surface area contributed by atoms with Gasteiger partial charge in [-0.15, -0.1) is 0 Å². The molecule has 0 aromatic heterocycles. The maximum Gasteiger partial charge on any atom is 0.147 e. The molecule has 0 nitrogen and oxygen atoms in total. The van der Waals surface area contributed by atoms with Crippen LogP contribution in [0, 0.1) is 0 Å². The van der Waals surface area contributed by atoms with Gasteiger partial charge in [0.15, 0.2) is 0 Å². The van der Waals surface area contributed by atoms with Crippen molar-refractivity contribution in [1.29, 1.82) is 0 Å². The first-order valence-electron chi connectivity index (χ1n) is 7.34. The molecule has 2 aromatic carbocycles. The van der Waals surface area contributed by atoms with Crippen LogP contribution in [0.4, 0.5) is 0 Å². The normalized spacial score (nSPS) is 13.3. The number of rotatable bonds is 3. The van der Waals surface area contributed by atoms with Crippen LogP contribution >= 0.6 is 22.6 Å². The molecule has 0 spiro atoms. The minimum atomic E-state index is -1.98. The Hall–Kier alpha value is -0.873. The van der Waals surface area contributed by atoms with Gasteiger partial charge in [0.2, 0.25) is 0 Å². The second-order valence-corrected chi connectivity index (χ2v) is 12.8. The van der Waals surface area contributed by atoms with E-state index in [0.29, 0.717) is 0 Å². The number of allylic oxidation sites excluding steroid dienone is 1. The zero-order chi connectivity index (χ0) is 15.5. The van der Waals surface area contributed by atoms with Gasteiger partial charge in [-0.3, -0.25) is 0 Å². The summed E-state index contributed by atoms with van der Waals surface area (Å²) in [6, 6.07) is 22.1. The van der Waals surface area contributed by atoms with E-state index in [1.807, 2.05) is 0 Å². The monoisotopic (exact) mass is 406 g/mol. The molecule has 0 N–H and O–H groups in total. The van der Waals surface area contributed by atoms with Crippen LogP contribution in [-0.2, 0) is 0 Å². The largest absolute Gasteiger partial charge is 0.147 e. The van der Waals surface area contributed by atoms with Crippen LogP contribution in [0.15, 0.2) is 69.9 Å². The summed E-state index contributed by atoms with van der Waals surface area (Å²) in [5.41, 5.74) is 2.55. The molecule has 2 heteroatoms. The average molecular weight is 406 g/mol. The zero-order valence-electron chi connectivity index (χ0n) is 13.2. The van der Waals surface area contributed by atoms with Gasteiger partial charge >= 0.3 is 0 Å². The minimum absolute atomic E-state index is 0.210. The van der Waals surface area contributed by atoms with E-state index < -0.39 is 8.07 Å². The first-order valence-corrected chi connectivity index (χ1v) is 10.5. The molecule has 0 heterocycles. The standard InChI is InChI=1S/C19H23ISi/c1-16(20)15-21(19(2,3)4,17-11-7-5-8-12-17)18-13-9-6-10-14-18/h5-15H,1-4H3/b16-15-. The van der Waals surface area contributed by atoms with E-state index in [-0.39, 0.29) is 5.04 Å². The number of halogens is 1. The third-order valence-electron chi connectivity index (χ3n) is 4.06. The summed E-state index contributed by atoms with van der Waals surface area (Å²) in [5.74, 6) is 0. The van der Waals surface area contributed by atoms with Gasteiger partial charge in [-0.2, -0.15) is 0 Å². The highest BCUT2D eigenvalue weighted by Crippen LogP contribution is 2.37. The van der Waals surface area contributed by atoms with Gasteiger partial charge in [-0.1, -0.05) is 110 Å².